The van der Waals surface area contributed by atoms with Gasteiger partial charge in [-0.15, -0.1) is 0 Å². The molecule has 23 heavy (non-hydrogen) atoms. The van der Waals surface area contributed by atoms with Gasteiger partial charge in [0.15, 0.2) is 0 Å². The number of pyridine rings is 2. The number of nitrogens with zero attached hydrogens (tertiary/aromatic N) is 4. The number of rotatable bonds is 3. The van der Waals surface area contributed by atoms with Crippen molar-refractivity contribution in [2.45, 2.75) is 6.92 Å². The second-order valence-corrected chi connectivity index (χ2v) is 4.82. The lowest BCUT2D eigenvalue weighted by molar-refractivity contribution is -0.384. The minimum atomic E-state index is -0.511. The molecule has 0 aliphatic rings. The van der Waals surface area contributed by atoms with E-state index in [9.17, 15) is 15.4 Å². The molecule has 0 unspecified atom stereocenters. The third-order valence-corrected chi connectivity index (χ3v) is 3.21. The minimum Gasteiger partial charge on any atom is -0.437 e. The summed E-state index contributed by atoms with van der Waals surface area (Å²) < 4.78 is 5.60. The van der Waals surface area contributed by atoms with Crippen molar-refractivity contribution in [2.24, 2.45) is 0 Å². The lowest BCUT2D eigenvalue weighted by atomic mass is 10.1. The molecule has 3 aromatic rings. The van der Waals surface area contributed by atoms with Gasteiger partial charge in [0.2, 0.25) is 5.88 Å². The number of aryl methyl sites for hydroxylation is 1. The van der Waals surface area contributed by atoms with Crippen LogP contribution in [0.5, 0.6) is 11.6 Å². The molecule has 0 atom stereocenters. The summed E-state index contributed by atoms with van der Waals surface area (Å²) in [6.45, 7) is 1.86. The van der Waals surface area contributed by atoms with E-state index < -0.39 is 4.92 Å². The van der Waals surface area contributed by atoms with Crippen LogP contribution in [0.3, 0.4) is 0 Å². The van der Waals surface area contributed by atoms with Gasteiger partial charge >= 0.3 is 0 Å². The number of non-ortho nitro benzene ring substituents is 1. The van der Waals surface area contributed by atoms with Crippen molar-refractivity contribution in [3.05, 3.63) is 64.0 Å². The first-order chi connectivity index (χ1) is 11.1. The Morgan fingerprint density at radius 1 is 1.26 bits per heavy atom. The fourth-order valence-corrected chi connectivity index (χ4v) is 2.08. The van der Waals surface area contributed by atoms with Crippen LogP contribution in [-0.4, -0.2) is 14.9 Å². The molecule has 0 spiro atoms. The fourth-order valence-electron chi connectivity index (χ4n) is 2.08. The van der Waals surface area contributed by atoms with Crippen LogP contribution in [0.2, 0.25) is 0 Å². The van der Waals surface area contributed by atoms with Gasteiger partial charge in [0.1, 0.15) is 11.8 Å². The first kappa shape index (κ1) is 14.4. The molecule has 3 rings (SSSR count). The van der Waals surface area contributed by atoms with Crippen LogP contribution >= 0.6 is 0 Å². The van der Waals surface area contributed by atoms with Gasteiger partial charge in [-0.2, -0.15) is 5.26 Å². The Kier molecular flexibility index (Phi) is 3.57. The van der Waals surface area contributed by atoms with Gasteiger partial charge in [0, 0.05) is 29.3 Å². The van der Waals surface area contributed by atoms with Crippen molar-refractivity contribution < 1.29 is 9.66 Å². The van der Waals surface area contributed by atoms with Gasteiger partial charge in [0.25, 0.3) is 5.69 Å². The summed E-state index contributed by atoms with van der Waals surface area (Å²) >= 11 is 0. The molecule has 0 aliphatic heterocycles. The zero-order valence-corrected chi connectivity index (χ0v) is 12.1. The molecule has 0 N–H and O–H groups in total. The number of nitro benzene ring substituents is 1. The Morgan fingerprint density at radius 2 is 2.09 bits per heavy atom. The molecule has 7 nitrogen and oxygen atoms in total. The molecule has 1 aromatic carbocycles. The zero-order valence-electron chi connectivity index (χ0n) is 12.1. The number of fused-ring (bicyclic) bond motifs is 1. The van der Waals surface area contributed by atoms with Gasteiger partial charge in [-0.05, 0) is 25.1 Å². The highest BCUT2D eigenvalue weighted by Crippen LogP contribution is 2.27. The average molecular weight is 306 g/mol. The summed E-state index contributed by atoms with van der Waals surface area (Å²) in [6, 6.07) is 11.2. The largest absolute Gasteiger partial charge is 0.437 e. The van der Waals surface area contributed by atoms with E-state index in [0.717, 1.165) is 5.69 Å². The number of aromatic nitrogens is 2. The number of ether oxygens (including phenoxy) is 1. The highest BCUT2D eigenvalue weighted by Gasteiger charge is 2.12. The summed E-state index contributed by atoms with van der Waals surface area (Å²) in [5.74, 6) is 0.724. The molecule has 0 bridgehead atoms. The summed E-state index contributed by atoms with van der Waals surface area (Å²) in [6.07, 6.45) is 1.56. The second kappa shape index (κ2) is 5.69. The summed E-state index contributed by atoms with van der Waals surface area (Å²) in [4.78, 5) is 18.7. The van der Waals surface area contributed by atoms with Crippen molar-refractivity contribution in [1.82, 2.24) is 9.97 Å². The van der Waals surface area contributed by atoms with E-state index in [1.807, 2.05) is 13.0 Å². The van der Waals surface area contributed by atoms with E-state index in [4.69, 9.17) is 4.74 Å². The summed E-state index contributed by atoms with van der Waals surface area (Å²) in [7, 11) is 0. The molecule has 0 fully saturated rings. The third-order valence-electron chi connectivity index (χ3n) is 3.21. The molecular formula is C16H10N4O3. The average Bonchev–Trinajstić information content (AvgIpc) is 2.55. The first-order valence-electron chi connectivity index (χ1n) is 6.66. The Hall–Kier alpha value is -3.53. The Labute approximate surface area is 130 Å². The molecule has 112 valence electrons. The standard InChI is InChI=1S/C16H10N4O3/c1-10-2-4-13(9-18-10)23-16-6-11(8-17)14-7-12(20(21)22)3-5-15(14)19-16/h2-7,9H,1H3. The molecule has 0 amide bonds. The highest BCUT2D eigenvalue weighted by atomic mass is 16.6. The molecule has 7 heteroatoms. The second-order valence-electron chi connectivity index (χ2n) is 4.82. The number of hydrogen-bond acceptors (Lipinski definition) is 6. The Bertz CT molecular complexity index is 946. The van der Waals surface area contributed by atoms with Gasteiger partial charge in [-0.25, -0.2) is 4.98 Å². The number of hydrogen-bond donors (Lipinski definition) is 0. The van der Waals surface area contributed by atoms with E-state index in [0.29, 0.717) is 16.7 Å². The van der Waals surface area contributed by atoms with E-state index >= 15 is 0 Å². The maximum Gasteiger partial charge on any atom is 0.270 e. The smallest absolute Gasteiger partial charge is 0.270 e. The Morgan fingerprint density at radius 3 is 2.74 bits per heavy atom. The number of nitriles is 1. The van der Waals surface area contributed by atoms with Gasteiger partial charge in [-0.1, -0.05) is 0 Å². The SMILES string of the molecule is Cc1ccc(Oc2cc(C#N)c3cc([N+](=O)[O-])ccc3n2)cn1. The van der Waals surface area contributed by atoms with Crippen LogP contribution in [0.15, 0.2) is 42.6 Å². The summed E-state index contributed by atoms with van der Waals surface area (Å²) in [5.41, 5.74) is 1.47. The van der Waals surface area contributed by atoms with Crippen LogP contribution in [0.4, 0.5) is 5.69 Å². The normalized spacial score (nSPS) is 10.3. The zero-order chi connectivity index (χ0) is 16.4. The van der Waals surface area contributed by atoms with Crippen molar-refractivity contribution in [2.75, 3.05) is 0 Å². The van der Waals surface area contributed by atoms with E-state index in [1.165, 1.54) is 24.3 Å². The van der Waals surface area contributed by atoms with Crippen LogP contribution < -0.4 is 4.74 Å². The highest BCUT2D eigenvalue weighted by molar-refractivity contribution is 5.87. The van der Waals surface area contributed by atoms with Gasteiger partial charge < -0.3 is 4.74 Å². The maximum absolute atomic E-state index is 10.9. The molecule has 0 saturated heterocycles. The van der Waals surface area contributed by atoms with Crippen LogP contribution in [0.25, 0.3) is 10.9 Å². The van der Waals surface area contributed by atoms with Crippen LogP contribution in [0.1, 0.15) is 11.3 Å². The fraction of sp³-hybridized carbons (Fsp3) is 0.0625. The molecule has 2 aromatic heterocycles. The molecular weight excluding hydrogens is 296 g/mol. The molecule has 0 radical (unpaired) electrons. The number of benzene rings is 1. The number of nitro groups is 1. The predicted molar refractivity (Wildman–Crippen MR) is 82.2 cm³/mol. The lowest BCUT2D eigenvalue weighted by Crippen LogP contribution is -1.94. The van der Waals surface area contributed by atoms with Gasteiger partial charge in [-0.3, -0.25) is 15.1 Å². The summed E-state index contributed by atoms with van der Waals surface area (Å²) in [5, 5.41) is 20.5. The van der Waals surface area contributed by atoms with Crippen molar-refractivity contribution in [3.63, 3.8) is 0 Å². The predicted octanol–water partition coefficient (Wildman–Crippen LogP) is 3.51. The van der Waals surface area contributed by atoms with Gasteiger partial charge in [0.05, 0.1) is 22.2 Å². The lowest BCUT2D eigenvalue weighted by Gasteiger charge is -2.07. The third kappa shape index (κ3) is 2.91. The van der Waals surface area contributed by atoms with E-state index in [2.05, 4.69) is 9.97 Å². The Balaban J connectivity index is 2.06. The molecule has 0 saturated carbocycles. The van der Waals surface area contributed by atoms with E-state index in [-0.39, 0.29) is 17.1 Å². The van der Waals surface area contributed by atoms with E-state index in [1.54, 1.807) is 18.3 Å². The van der Waals surface area contributed by atoms with Crippen molar-refractivity contribution in [3.8, 4) is 17.7 Å². The quantitative estimate of drug-likeness (QED) is 0.542. The first-order valence-corrected chi connectivity index (χ1v) is 6.66. The van der Waals surface area contributed by atoms with Crippen molar-refractivity contribution in [1.29, 1.82) is 5.26 Å². The molecule has 0 aliphatic carbocycles. The monoisotopic (exact) mass is 306 g/mol. The van der Waals surface area contributed by atoms with Crippen LogP contribution in [0, 0.1) is 28.4 Å². The minimum absolute atomic E-state index is 0.0906. The molecule has 2 heterocycles. The van der Waals surface area contributed by atoms with Crippen LogP contribution in [-0.2, 0) is 0 Å². The topological polar surface area (TPSA) is 102 Å². The maximum atomic E-state index is 10.9. The van der Waals surface area contributed by atoms with Crippen molar-refractivity contribution >= 4 is 16.6 Å².